The lowest BCUT2D eigenvalue weighted by Crippen LogP contribution is -2.55. The molecule has 2 rings (SSSR count). The van der Waals surface area contributed by atoms with Crippen molar-refractivity contribution in [3.63, 3.8) is 0 Å². The second kappa shape index (κ2) is 6.60. The van der Waals surface area contributed by atoms with Crippen molar-refractivity contribution in [2.75, 3.05) is 13.1 Å². The van der Waals surface area contributed by atoms with Gasteiger partial charge in [0.1, 0.15) is 0 Å². The van der Waals surface area contributed by atoms with Gasteiger partial charge in [-0.25, -0.2) is 4.79 Å². The molecule has 0 saturated carbocycles. The minimum Gasteiger partial charge on any atom is -0.481 e. The number of likely N-dealkylation sites (tertiary alicyclic amines) is 1. The van der Waals surface area contributed by atoms with Crippen molar-refractivity contribution in [1.82, 2.24) is 14.5 Å². The molecule has 0 spiro atoms. The van der Waals surface area contributed by atoms with E-state index in [1.807, 2.05) is 0 Å². The highest BCUT2D eigenvalue weighted by Gasteiger charge is 2.40. The van der Waals surface area contributed by atoms with E-state index >= 15 is 0 Å². The SMILES string of the molecule is Cc1cn([C@@H]2CN(C(=O)CCC(=O)O)CC[C@@]2(C)O)c(=O)[nH]c1=O. The van der Waals surface area contributed by atoms with E-state index in [1.165, 1.54) is 15.7 Å². The third-order valence-electron chi connectivity index (χ3n) is 4.39. The van der Waals surface area contributed by atoms with Gasteiger partial charge >= 0.3 is 11.7 Å². The lowest BCUT2D eigenvalue weighted by atomic mass is 9.88. The number of carbonyl (C=O) groups excluding carboxylic acids is 1. The van der Waals surface area contributed by atoms with Crippen LogP contribution in [-0.4, -0.2) is 55.2 Å². The molecule has 2 atom stereocenters. The number of hydrogen-bond donors (Lipinski definition) is 3. The van der Waals surface area contributed by atoms with E-state index in [2.05, 4.69) is 4.98 Å². The maximum Gasteiger partial charge on any atom is 0.328 e. The molecule has 1 aromatic heterocycles. The van der Waals surface area contributed by atoms with Gasteiger partial charge in [0.15, 0.2) is 0 Å². The van der Waals surface area contributed by atoms with Crippen LogP contribution in [0.1, 0.15) is 37.8 Å². The van der Waals surface area contributed by atoms with Crippen molar-refractivity contribution in [3.05, 3.63) is 32.6 Å². The highest BCUT2D eigenvalue weighted by atomic mass is 16.4. The quantitative estimate of drug-likeness (QED) is 0.660. The summed E-state index contributed by atoms with van der Waals surface area (Å²) in [5.74, 6) is -1.40. The number of amides is 1. The zero-order valence-electron chi connectivity index (χ0n) is 13.6. The smallest absolute Gasteiger partial charge is 0.328 e. The fourth-order valence-electron chi connectivity index (χ4n) is 2.83. The first-order valence-electron chi connectivity index (χ1n) is 7.66. The zero-order valence-corrected chi connectivity index (χ0v) is 13.6. The van der Waals surface area contributed by atoms with Crippen molar-refractivity contribution in [2.24, 2.45) is 0 Å². The first kappa shape index (κ1) is 17.9. The first-order valence-corrected chi connectivity index (χ1v) is 7.66. The van der Waals surface area contributed by atoms with Crippen molar-refractivity contribution in [3.8, 4) is 0 Å². The molecular weight excluding hydrogens is 318 g/mol. The van der Waals surface area contributed by atoms with Crippen LogP contribution in [0, 0.1) is 6.92 Å². The second-order valence-electron chi connectivity index (χ2n) is 6.34. The second-order valence-corrected chi connectivity index (χ2v) is 6.34. The number of carbonyl (C=O) groups is 2. The number of aliphatic carboxylic acids is 1. The minimum atomic E-state index is -1.24. The Morgan fingerprint density at radius 3 is 2.67 bits per heavy atom. The van der Waals surface area contributed by atoms with Crippen LogP contribution in [0.4, 0.5) is 0 Å². The standard InChI is InChI=1S/C15H21N3O6/c1-9-7-18(14(23)16-13(9)22)10-8-17(6-5-15(10,2)24)11(19)3-4-12(20)21/h7,10,24H,3-6,8H2,1-2H3,(H,20,21)(H,16,22,23)/t10-,15-/m1/s1. The lowest BCUT2D eigenvalue weighted by molar-refractivity contribution is -0.143. The van der Waals surface area contributed by atoms with Gasteiger partial charge in [-0.1, -0.05) is 0 Å². The summed E-state index contributed by atoms with van der Waals surface area (Å²) in [5.41, 5.74) is -2.07. The Bertz CT molecular complexity index is 763. The molecule has 0 aromatic carbocycles. The molecule has 0 bridgehead atoms. The summed E-state index contributed by atoms with van der Waals surface area (Å²) in [5, 5.41) is 19.3. The van der Waals surface area contributed by atoms with Crippen LogP contribution in [0.25, 0.3) is 0 Å². The number of aromatic amines is 1. The fraction of sp³-hybridized carbons (Fsp3) is 0.600. The molecule has 0 radical (unpaired) electrons. The number of carboxylic acid groups (broad SMARTS) is 1. The molecule has 3 N–H and O–H groups in total. The molecule has 24 heavy (non-hydrogen) atoms. The van der Waals surface area contributed by atoms with Gasteiger partial charge in [-0.05, 0) is 20.3 Å². The van der Waals surface area contributed by atoms with Crippen LogP contribution < -0.4 is 11.2 Å². The van der Waals surface area contributed by atoms with Gasteiger partial charge in [0.05, 0.1) is 18.1 Å². The highest BCUT2D eigenvalue weighted by molar-refractivity contribution is 5.80. The summed E-state index contributed by atoms with van der Waals surface area (Å²) < 4.78 is 1.23. The van der Waals surface area contributed by atoms with Gasteiger partial charge < -0.3 is 15.1 Å². The van der Waals surface area contributed by atoms with E-state index in [0.29, 0.717) is 5.56 Å². The number of hydrogen-bond acceptors (Lipinski definition) is 5. The number of rotatable bonds is 4. The van der Waals surface area contributed by atoms with E-state index in [9.17, 15) is 24.3 Å². The van der Waals surface area contributed by atoms with Gasteiger partial charge in [0, 0.05) is 31.3 Å². The fourth-order valence-corrected chi connectivity index (χ4v) is 2.83. The van der Waals surface area contributed by atoms with E-state index in [4.69, 9.17) is 5.11 Å². The lowest BCUT2D eigenvalue weighted by Gasteiger charge is -2.43. The minimum absolute atomic E-state index is 0.0663. The van der Waals surface area contributed by atoms with Crippen LogP contribution >= 0.6 is 0 Å². The van der Waals surface area contributed by atoms with Gasteiger partial charge in [-0.15, -0.1) is 0 Å². The molecule has 132 valence electrons. The molecule has 1 fully saturated rings. The number of carboxylic acids is 1. The predicted octanol–water partition coefficient (Wildman–Crippen LogP) is -0.766. The van der Waals surface area contributed by atoms with Crippen molar-refractivity contribution < 1.29 is 19.8 Å². The number of aromatic nitrogens is 2. The summed E-state index contributed by atoms with van der Waals surface area (Å²) in [6.45, 7) is 3.46. The van der Waals surface area contributed by atoms with Gasteiger partial charge in [-0.3, -0.25) is 23.9 Å². The van der Waals surface area contributed by atoms with Crippen LogP contribution in [0.2, 0.25) is 0 Å². The molecule has 9 nitrogen and oxygen atoms in total. The Balaban J connectivity index is 2.28. The third-order valence-corrected chi connectivity index (χ3v) is 4.39. The van der Waals surface area contributed by atoms with E-state index < -0.39 is 28.9 Å². The molecule has 1 aliphatic heterocycles. The number of H-pyrrole nitrogens is 1. The number of aliphatic hydroxyl groups is 1. The normalized spacial score (nSPS) is 24.0. The molecule has 1 saturated heterocycles. The molecule has 1 amide bonds. The highest BCUT2D eigenvalue weighted by Crippen LogP contribution is 2.31. The van der Waals surface area contributed by atoms with E-state index in [0.717, 1.165) is 0 Å². The van der Waals surface area contributed by atoms with Crippen LogP contribution in [0.3, 0.4) is 0 Å². The van der Waals surface area contributed by atoms with Crippen LogP contribution in [-0.2, 0) is 9.59 Å². The maximum absolute atomic E-state index is 12.1. The molecule has 1 aromatic rings. The number of nitrogens with zero attached hydrogens (tertiary/aromatic N) is 2. The Hall–Kier alpha value is -2.42. The Morgan fingerprint density at radius 2 is 2.04 bits per heavy atom. The Kier molecular flexibility index (Phi) is 4.93. The zero-order chi connectivity index (χ0) is 18.1. The van der Waals surface area contributed by atoms with E-state index in [-0.39, 0.29) is 38.3 Å². The predicted molar refractivity (Wildman–Crippen MR) is 83.8 cm³/mol. The van der Waals surface area contributed by atoms with Crippen molar-refractivity contribution in [1.29, 1.82) is 0 Å². The summed E-state index contributed by atoms with van der Waals surface area (Å²) in [7, 11) is 0. The molecule has 0 aliphatic carbocycles. The Labute approximate surface area is 137 Å². The van der Waals surface area contributed by atoms with Gasteiger partial charge in [0.2, 0.25) is 5.91 Å². The molecule has 9 heteroatoms. The van der Waals surface area contributed by atoms with Gasteiger partial charge in [-0.2, -0.15) is 0 Å². The first-order chi connectivity index (χ1) is 11.1. The number of nitrogens with one attached hydrogen (secondary N) is 1. The topological polar surface area (TPSA) is 133 Å². The Morgan fingerprint density at radius 1 is 1.38 bits per heavy atom. The average molecular weight is 339 g/mol. The summed E-state index contributed by atoms with van der Waals surface area (Å²) in [4.78, 5) is 50.0. The third kappa shape index (κ3) is 3.73. The average Bonchev–Trinajstić information content (AvgIpc) is 2.48. The summed E-state index contributed by atoms with van der Waals surface area (Å²) >= 11 is 0. The van der Waals surface area contributed by atoms with Crippen molar-refractivity contribution >= 4 is 11.9 Å². The molecule has 2 heterocycles. The van der Waals surface area contributed by atoms with Crippen LogP contribution in [0.5, 0.6) is 0 Å². The number of piperidine rings is 1. The number of aryl methyl sites for hydroxylation is 1. The van der Waals surface area contributed by atoms with Crippen molar-refractivity contribution in [2.45, 2.75) is 44.8 Å². The van der Waals surface area contributed by atoms with E-state index in [1.54, 1.807) is 13.8 Å². The molecule has 1 aliphatic rings. The largest absolute Gasteiger partial charge is 0.481 e. The van der Waals surface area contributed by atoms with Crippen LogP contribution in [0.15, 0.2) is 15.8 Å². The molecular formula is C15H21N3O6. The monoisotopic (exact) mass is 339 g/mol. The van der Waals surface area contributed by atoms with Gasteiger partial charge in [0.25, 0.3) is 5.56 Å². The maximum atomic E-state index is 12.1. The molecule has 0 unspecified atom stereocenters. The summed E-state index contributed by atoms with van der Waals surface area (Å²) in [6, 6.07) is -0.733. The summed E-state index contributed by atoms with van der Waals surface area (Å²) in [6.07, 6.45) is 1.20.